The van der Waals surface area contributed by atoms with E-state index in [-0.39, 0.29) is 0 Å². The molecule has 0 fully saturated rings. The average Bonchev–Trinajstić information content (AvgIpc) is 2.50. The second kappa shape index (κ2) is 3.80. The van der Waals surface area contributed by atoms with E-state index in [9.17, 15) is 0 Å². The van der Waals surface area contributed by atoms with E-state index in [1.54, 1.807) is 0 Å². The topological polar surface area (TPSA) is 29.9 Å². The fourth-order valence-corrected chi connectivity index (χ4v) is 2.44. The quantitative estimate of drug-likeness (QED) is 0.858. The minimum Gasteiger partial charge on any atom is -0.323 e. The van der Waals surface area contributed by atoms with E-state index in [4.69, 9.17) is 0 Å². The van der Waals surface area contributed by atoms with Crippen molar-refractivity contribution in [1.29, 1.82) is 0 Å². The van der Waals surface area contributed by atoms with Crippen LogP contribution in [0.25, 0.3) is 0 Å². The monoisotopic (exact) mass is 243 g/mol. The zero-order chi connectivity index (χ0) is 9.26. The van der Waals surface area contributed by atoms with E-state index in [1.807, 2.05) is 13.2 Å². The highest BCUT2D eigenvalue weighted by Gasteiger charge is 2.22. The Bertz CT molecular complexity index is 295. The molecule has 1 atom stereocenters. The number of imidazole rings is 1. The lowest BCUT2D eigenvalue weighted by atomic mass is 9.99. The van der Waals surface area contributed by atoms with Gasteiger partial charge in [-0.05, 0) is 35.8 Å². The summed E-state index contributed by atoms with van der Waals surface area (Å²) < 4.78 is 3.38. The summed E-state index contributed by atoms with van der Waals surface area (Å²) in [4.78, 5) is 4.43. The number of nitrogens with one attached hydrogen (secondary N) is 1. The molecule has 13 heavy (non-hydrogen) atoms. The molecule has 1 aliphatic rings. The van der Waals surface area contributed by atoms with Gasteiger partial charge in [0, 0.05) is 19.0 Å². The normalized spacial score (nSPS) is 21.5. The Kier molecular flexibility index (Phi) is 2.69. The molecule has 0 radical (unpaired) electrons. The number of hydrogen-bond acceptors (Lipinski definition) is 2. The van der Waals surface area contributed by atoms with Gasteiger partial charge in [0.15, 0.2) is 0 Å². The lowest BCUT2D eigenvalue weighted by Gasteiger charge is -2.23. The largest absolute Gasteiger partial charge is 0.323 e. The van der Waals surface area contributed by atoms with Crippen molar-refractivity contribution in [2.24, 2.45) is 0 Å². The molecule has 0 aromatic carbocycles. The van der Waals surface area contributed by atoms with Gasteiger partial charge in [-0.1, -0.05) is 0 Å². The molecular formula is C9H14BrN3. The Morgan fingerprint density at radius 1 is 1.77 bits per heavy atom. The van der Waals surface area contributed by atoms with Crippen LogP contribution in [0, 0.1) is 0 Å². The molecule has 0 saturated heterocycles. The van der Waals surface area contributed by atoms with Crippen molar-refractivity contribution in [2.75, 3.05) is 13.6 Å². The molecule has 3 nitrogen and oxygen atoms in total. The smallest absolute Gasteiger partial charge is 0.113 e. The number of nitrogens with zero attached hydrogens (tertiary/aromatic N) is 2. The van der Waals surface area contributed by atoms with E-state index < -0.39 is 0 Å². The minimum atomic E-state index is 0.588. The van der Waals surface area contributed by atoms with Gasteiger partial charge in [0.25, 0.3) is 0 Å². The van der Waals surface area contributed by atoms with E-state index in [2.05, 4.69) is 30.8 Å². The zero-order valence-electron chi connectivity index (χ0n) is 7.76. The standard InChI is InChI=1S/C9H14BrN3/c1-11-5-7-3-2-4-13-8(10)6-12-9(7)13/h6-7,11H,2-5H2,1H3. The van der Waals surface area contributed by atoms with E-state index in [0.717, 1.165) is 17.7 Å². The van der Waals surface area contributed by atoms with Crippen molar-refractivity contribution >= 4 is 15.9 Å². The number of fused-ring (bicyclic) bond motifs is 1. The molecule has 2 rings (SSSR count). The Hall–Kier alpha value is -0.350. The third-order valence-corrected chi connectivity index (χ3v) is 3.22. The molecular weight excluding hydrogens is 230 g/mol. The van der Waals surface area contributed by atoms with Gasteiger partial charge >= 0.3 is 0 Å². The zero-order valence-corrected chi connectivity index (χ0v) is 9.34. The molecule has 0 aliphatic carbocycles. The summed E-state index contributed by atoms with van der Waals surface area (Å²) in [6.45, 7) is 2.14. The Labute approximate surface area is 86.7 Å². The van der Waals surface area contributed by atoms with Crippen LogP contribution in [-0.2, 0) is 6.54 Å². The van der Waals surface area contributed by atoms with Crippen LogP contribution < -0.4 is 5.32 Å². The Morgan fingerprint density at radius 2 is 2.62 bits per heavy atom. The SMILES string of the molecule is CNCC1CCCn2c(Br)cnc21. The van der Waals surface area contributed by atoms with Crippen molar-refractivity contribution in [2.45, 2.75) is 25.3 Å². The molecule has 1 N–H and O–H groups in total. The first-order chi connectivity index (χ1) is 6.33. The number of rotatable bonds is 2. The predicted octanol–water partition coefficient (Wildman–Crippen LogP) is 1.74. The summed E-state index contributed by atoms with van der Waals surface area (Å²) in [7, 11) is 2.00. The highest BCUT2D eigenvalue weighted by molar-refractivity contribution is 9.10. The summed E-state index contributed by atoms with van der Waals surface area (Å²) >= 11 is 3.51. The summed E-state index contributed by atoms with van der Waals surface area (Å²) in [6, 6.07) is 0. The molecule has 1 aliphatic heterocycles. The molecule has 1 aromatic heterocycles. The van der Waals surface area contributed by atoms with E-state index >= 15 is 0 Å². The molecule has 0 bridgehead atoms. The van der Waals surface area contributed by atoms with Gasteiger partial charge in [0.05, 0.1) is 6.20 Å². The maximum atomic E-state index is 4.43. The summed E-state index contributed by atoms with van der Waals surface area (Å²) in [5.41, 5.74) is 0. The van der Waals surface area contributed by atoms with Crippen LogP contribution in [0.2, 0.25) is 0 Å². The van der Waals surface area contributed by atoms with Crippen LogP contribution in [0.5, 0.6) is 0 Å². The third-order valence-electron chi connectivity index (χ3n) is 2.59. The predicted molar refractivity (Wildman–Crippen MR) is 55.8 cm³/mol. The maximum absolute atomic E-state index is 4.43. The average molecular weight is 244 g/mol. The first-order valence-electron chi connectivity index (χ1n) is 4.68. The van der Waals surface area contributed by atoms with Crippen LogP contribution in [0.15, 0.2) is 10.8 Å². The van der Waals surface area contributed by atoms with E-state index in [0.29, 0.717) is 5.92 Å². The van der Waals surface area contributed by atoms with Crippen LogP contribution in [-0.4, -0.2) is 23.1 Å². The van der Waals surface area contributed by atoms with Crippen molar-refractivity contribution in [3.8, 4) is 0 Å². The second-order valence-corrected chi connectivity index (χ2v) is 4.30. The highest BCUT2D eigenvalue weighted by atomic mass is 79.9. The van der Waals surface area contributed by atoms with Gasteiger partial charge in [0.2, 0.25) is 0 Å². The lowest BCUT2D eigenvalue weighted by Crippen LogP contribution is -2.24. The van der Waals surface area contributed by atoms with Crippen molar-refractivity contribution in [3.05, 3.63) is 16.6 Å². The molecule has 1 unspecified atom stereocenters. The molecule has 0 spiro atoms. The fourth-order valence-electron chi connectivity index (χ4n) is 1.98. The molecule has 0 saturated carbocycles. The Balaban J connectivity index is 2.27. The van der Waals surface area contributed by atoms with Gasteiger partial charge in [-0.3, -0.25) is 0 Å². The molecule has 0 amide bonds. The van der Waals surface area contributed by atoms with Crippen molar-refractivity contribution < 1.29 is 0 Å². The van der Waals surface area contributed by atoms with Gasteiger partial charge in [0.1, 0.15) is 10.4 Å². The first-order valence-corrected chi connectivity index (χ1v) is 5.47. The van der Waals surface area contributed by atoms with Crippen LogP contribution in [0.1, 0.15) is 24.6 Å². The summed E-state index contributed by atoms with van der Waals surface area (Å²) in [5.74, 6) is 1.82. The molecule has 72 valence electrons. The van der Waals surface area contributed by atoms with Crippen LogP contribution >= 0.6 is 15.9 Å². The van der Waals surface area contributed by atoms with Crippen molar-refractivity contribution in [1.82, 2.24) is 14.9 Å². The fraction of sp³-hybridized carbons (Fsp3) is 0.667. The van der Waals surface area contributed by atoms with Crippen LogP contribution in [0.4, 0.5) is 0 Å². The van der Waals surface area contributed by atoms with Crippen molar-refractivity contribution in [3.63, 3.8) is 0 Å². The maximum Gasteiger partial charge on any atom is 0.113 e. The van der Waals surface area contributed by atoms with Gasteiger partial charge < -0.3 is 9.88 Å². The number of hydrogen-bond donors (Lipinski definition) is 1. The number of aromatic nitrogens is 2. The summed E-state index contributed by atoms with van der Waals surface area (Å²) in [6.07, 6.45) is 4.42. The van der Waals surface area contributed by atoms with Gasteiger partial charge in [-0.2, -0.15) is 0 Å². The van der Waals surface area contributed by atoms with E-state index in [1.165, 1.54) is 18.7 Å². The minimum absolute atomic E-state index is 0.588. The van der Waals surface area contributed by atoms with Gasteiger partial charge in [-0.25, -0.2) is 4.98 Å². The first kappa shape index (κ1) is 9.21. The van der Waals surface area contributed by atoms with Crippen LogP contribution in [0.3, 0.4) is 0 Å². The highest BCUT2D eigenvalue weighted by Crippen LogP contribution is 2.28. The number of halogens is 1. The molecule has 1 aromatic rings. The lowest BCUT2D eigenvalue weighted by molar-refractivity contribution is 0.429. The molecule has 2 heterocycles. The second-order valence-electron chi connectivity index (χ2n) is 3.49. The van der Waals surface area contributed by atoms with Gasteiger partial charge in [-0.15, -0.1) is 0 Å². The molecule has 4 heteroatoms. The number of likely N-dealkylation sites (N-methyl/N-ethyl adjacent to an activating group) is 1. The third kappa shape index (κ3) is 1.65. The Morgan fingerprint density at radius 3 is 3.38 bits per heavy atom. The summed E-state index contributed by atoms with van der Waals surface area (Å²) in [5, 5.41) is 3.22.